The van der Waals surface area contributed by atoms with Crippen molar-refractivity contribution in [2.45, 2.75) is 39.3 Å². The fraction of sp³-hybridized carbons (Fsp3) is 0.304. The molecule has 160 valence electrons. The maximum Gasteiger partial charge on any atom is 0.416 e. The minimum atomic E-state index is -4.46. The van der Waals surface area contributed by atoms with Gasteiger partial charge in [0.25, 0.3) is 0 Å². The number of aryl methyl sites for hydroxylation is 1. The molecule has 7 heteroatoms. The average Bonchev–Trinajstić information content (AvgIpc) is 2.70. The zero-order chi connectivity index (χ0) is 22.1. The van der Waals surface area contributed by atoms with E-state index in [9.17, 15) is 18.0 Å². The van der Waals surface area contributed by atoms with Gasteiger partial charge in [-0.3, -0.25) is 0 Å². The van der Waals surface area contributed by atoms with Crippen LogP contribution in [-0.4, -0.2) is 18.3 Å². The molecule has 0 unspecified atom stereocenters. The predicted octanol–water partition coefficient (Wildman–Crippen LogP) is 6.43. The van der Waals surface area contributed by atoms with Crippen molar-refractivity contribution in [3.8, 4) is 0 Å². The molecule has 0 atom stereocenters. The Morgan fingerprint density at radius 1 is 1.13 bits per heavy atom. The lowest BCUT2D eigenvalue weighted by Gasteiger charge is -2.11. The minimum absolute atomic E-state index is 0.0729. The number of rotatable bonds is 8. The molecule has 0 spiro atoms. The number of nitrogens with one attached hydrogen (secondary N) is 3. The Kier molecular flexibility index (Phi) is 8.21. The molecule has 0 fully saturated rings. The van der Waals surface area contributed by atoms with Gasteiger partial charge in [0.1, 0.15) is 0 Å². The summed E-state index contributed by atoms with van der Waals surface area (Å²) < 4.78 is 38.2. The molecule has 30 heavy (non-hydrogen) atoms. The van der Waals surface area contributed by atoms with Gasteiger partial charge in [0.2, 0.25) is 0 Å². The van der Waals surface area contributed by atoms with Gasteiger partial charge in [-0.05, 0) is 61.6 Å². The Morgan fingerprint density at radius 2 is 1.83 bits per heavy atom. The molecule has 0 aromatic heterocycles. The number of amides is 2. The highest BCUT2D eigenvalue weighted by Gasteiger charge is 2.30. The van der Waals surface area contributed by atoms with Crippen LogP contribution >= 0.6 is 0 Å². The fourth-order valence-electron chi connectivity index (χ4n) is 2.87. The number of alkyl halides is 3. The predicted molar refractivity (Wildman–Crippen MR) is 115 cm³/mol. The minimum Gasteiger partial charge on any atom is -0.338 e. The summed E-state index contributed by atoms with van der Waals surface area (Å²) in [7, 11) is 0. The van der Waals surface area contributed by atoms with Crippen molar-refractivity contribution >= 4 is 23.0 Å². The van der Waals surface area contributed by atoms with E-state index in [-0.39, 0.29) is 5.69 Å². The molecule has 0 aliphatic rings. The summed E-state index contributed by atoms with van der Waals surface area (Å²) in [6.45, 7) is 4.38. The molecule has 0 saturated heterocycles. The molecule has 0 saturated carbocycles. The van der Waals surface area contributed by atoms with Crippen LogP contribution in [0.1, 0.15) is 42.9 Å². The first-order chi connectivity index (χ1) is 14.2. The number of allylic oxidation sites excluding steroid dienone is 2. The number of anilines is 1. The van der Waals surface area contributed by atoms with Crippen LogP contribution in [0.25, 0.3) is 5.57 Å². The third-order valence-electron chi connectivity index (χ3n) is 4.51. The van der Waals surface area contributed by atoms with E-state index in [2.05, 4.69) is 10.6 Å². The van der Waals surface area contributed by atoms with E-state index in [1.807, 2.05) is 44.2 Å². The van der Waals surface area contributed by atoms with Gasteiger partial charge in [-0.1, -0.05) is 42.8 Å². The van der Waals surface area contributed by atoms with Gasteiger partial charge in [0, 0.05) is 17.9 Å². The average molecular weight is 417 g/mol. The number of halogens is 3. The zero-order valence-electron chi connectivity index (χ0n) is 17.1. The van der Waals surface area contributed by atoms with Crippen molar-refractivity contribution in [3.05, 3.63) is 71.3 Å². The molecular weight excluding hydrogens is 391 g/mol. The van der Waals surface area contributed by atoms with Crippen LogP contribution in [0.3, 0.4) is 0 Å². The number of carbonyl (C=O) groups is 1. The summed E-state index contributed by atoms with van der Waals surface area (Å²) in [5, 5.41) is 13.1. The molecule has 2 aromatic rings. The molecule has 2 rings (SSSR count). The lowest BCUT2D eigenvalue weighted by molar-refractivity contribution is -0.137. The van der Waals surface area contributed by atoms with Crippen molar-refractivity contribution in [3.63, 3.8) is 0 Å². The third kappa shape index (κ3) is 7.39. The first-order valence-electron chi connectivity index (χ1n) is 9.76. The molecule has 2 amide bonds. The van der Waals surface area contributed by atoms with Crippen LogP contribution in [0.2, 0.25) is 0 Å². The van der Waals surface area contributed by atoms with E-state index in [0.29, 0.717) is 25.1 Å². The third-order valence-corrected chi connectivity index (χ3v) is 4.51. The van der Waals surface area contributed by atoms with Crippen LogP contribution < -0.4 is 10.6 Å². The van der Waals surface area contributed by atoms with Crippen molar-refractivity contribution in [1.29, 1.82) is 5.41 Å². The normalized spacial score (nSPS) is 11.8. The van der Waals surface area contributed by atoms with Crippen LogP contribution in [0.5, 0.6) is 0 Å². The highest BCUT2D eigenvalue weighted by atomic mass is 19.4. The second-order valence-corrected chi connectivity index (χ2v) is 6.98. The lowest BCUT2D eigenvalue weighted by Crippen LogP contribution is -2.29. The number of carbonyl (C=O) groups excluding carboxylic acids is 1. The first kappa shape index (κ1) is 23.2. The van der Waals surface area contributed by atoms with Gasteiger partial charge in [-0.15, -0.1) is 0 Å². The Bertz CT molecular complexity index is 903. The van der Waals surface area contributed by atoms with Gasteiger partial charge in [0.05, 0.1) is 5.56 Å². The van der Waals surface area contributed by atoms with Gasteiger partial charge in [-0.2, -0.15) is 13.2 Å². The maximum absolute atomic E-state index is 12.7. The van der Waals surface area contributed by atoms with Crippen LogP contribution in [0.4, 0.5) is 23.7 Å². The van der Waals surface area contributed by atoms with Crippen molar-refractivity contribution in [1.82, 2.24) is 5.32 Å². The molecule has 0 bridgehead atoms. The van der Waals surface area contributed by atoms with Gasteiger partial charge in [-0.25, -0.2) is 4.79 Å². The van der Waals surface area contributed by atoms with Gasteiger partial charge in [0.15, 0.2) is 0 Å². The molecule has 0 heterocycles. The second kappa shape index (κ2) is 10.6. The summed E-state index contributed by atoms with van der Waals surface area (Å²) in [6.07, 6.45) is -0.760. The monoisotopic (exact) mass is 417 g/mol. The van der Waals surface area contributed by atoms with E-state index in [1.54, 1.807) is 0 Å². The summed E-state index contributed by atoms with van der Waals surface area (Å²) >= 11 is 0. The van der Waals surface area contributed by atoms with Gasteiger partial charge >= 0.3 is 12.2 Å². The van der Waals surface area contributed by atoms with Crippen molar-refractivity contribution < 1.29 is 18.0 Å². The summed E-state index contributed by atoms with van der Waals surface area (Å²) in [5.41, 5.74) is 3.07. The molecule has 2 aromatic carbocycles. The Morgan fingerprint density at radius 3 is 2.47 bits per heavy atom. The van der Waals surface area contributed by atoms with Crippen molar-refractivity contribution in [2.24, 2.45) is 0 Å². The quantitative estimate of drug-likeness (QED) is 0.336. The molecular formula is C23H26F3N3O. The summed E-state index contributed by atoms with van der Waals surface area (Å²) in [6, 6.07) is 12.0. The zero-order valence-corrected chi connectivity index (χ0v) is 17.1. The van der Waals surface area contributed by atoms with Crippen LogP contribution in [0, 0.1) is 12.3 Å². The highest BCUT2D eigenvalue weighted by Crippen LogP contribution is 2.30. The Balaban J connectivity index is 1.79. The standard InChI is InChI=1S/C23H26F3N3O/c1-3-17(18-11-9-16(2)10-12-18)14-20(27)7-5-13-28-22(30)29-21-8-4-6-19(15-21)23(24,25)26/h4,6,8-12,14-15,27H,3,5,7,13H2,1-2H3,(H2,28,29,30)/b17-14+,27-20?. The Labute approximate surface area is 174 Å². The topological polar surface area (TPSA) is 65.0 Å². The van der Waals surface area contributed by atoms with E-state index >= 15 is 0 Å². The number of urea groups is 1. The summed E-state index contributed by atoms with van der Waals surface area (Å²) in [4.78, 5) is 11.9. The number of hydrogen-bond donors (Lipinski definition) is 3. The van der Waals surface area contributed by atoms with E-state index in [4.69, 9.17) is 5.41 Å². The molecule has 3 N–H and O–H groups in total. The second-order valence-electron chi connectivity index (χ2n) is 6.98. The molecule has 0 radical (unpaired) electrons. The SMILES string of the molecule is CC/C(=C\C(=N)CCCNC(=O)Nc1cccc(C(F)(F)F)c1)c1ccc(C)cc1. The van der Waals surface area contributed by atoms with Crippen molar-refractivity contribution in [2.75, 3.05) is 11.9 Å². The Hall–Kier alpha value is -3.09. The fourth-order valence-corrected chi connectivity index (χ4v) is 2.87. The first-order valence-corrected chi connectivity index (χ1v) is 9.76. The van der Waals surface area contributed by atoms with Crippen LogP contribution in [-0.2, 0) is 6.18 Å². The maximum atomic E-state index is 12.7. The molecule has 0 aliphatic heterocycles. The molecule has 0 aliphatic carbocycles. The number of hydrogen-bond acceptors (Lipinski definition) is 2. The van der Waals surface area contributed by atoms with E-state index < -0.39 is 17.8 Å². The highest BCUT2D eigenvalue weighted by molar-refractivity contribution is 5.98. The van der Waals surface area contributed by atoms with Gasteiger partial charge < -0.3 is 16.0 Å². The summed E-state index contributed by atoms with van der Waals surface area (Å²) in [5.74, 6) is 0. The molecule has 4 nitrogen and oxygen atoms in total. The smallest absolute Gasteiger partial charge is 0.338 e. The van der Waals surface area contributed by atoms with E-state index in [1.165, 1.54) is 17.7 Å². The van der Waals surface area contributed by atoms with E-state index in [0.717, 1.165) is 29.7 Å². The lowest BCUT2D eigenvalue weighted by atomic mass is 10.00. The largest absolute Gasteiger partial charge is 0.416 e. The van der Waals surface area contributed by atoms with Crippen LogP contribution in [0.15, 0.2) is 54.6 Å². The number of benzene rings is 2.